The van der Waals surface area contributed by atoms with Crippen molar-refractivity contribution in [3.8, 4) is 0 Å². The van der Waals surface area contributed by atoms with Crippen LogP contribution in [0.1, 0.15) is 6.92 Å². The predicted octanol–water partition coefficient (Wildman–Crippen LogP) is 0.752. The number of sulfonamides is 1. The lowest BCUT2D eigenvalue weighted by molar-refractivity contribution is -0.142. The summed E-state index contributed by atoms with van der Waals surface area (Å²) in [5, 5.41) is 9.12. The highest BCUT2D eigenvalue weighted by atomic mass is 32.2. The molecule has 0 aromatic heterocycles. The lowest BCUT2D eigenvalue weighted by Crippen LogP contribution is -2.23. The van der Waals surface area contributed by atoms with Gasteiger partial charge in [-0.2, -0.15) is 0 Å². The van der Waals surface area contributed by atoms with Crippen LogP contribution in [-0.2, 0) is 14.8 Å². The Morgan fingerprint density at radius 2 is 1.90 bits per heavy atom. The number of anilines is 1. The zero-order chi connectivity index (χ0) is 14.9. The fraction of sp³-hybridized carbons (Fsp3) is 0.462. The van der Waals surface area contributed by atoms with Crippen molar-refractivity contribution in [3.63, 3.8) is 0 Å². The number of nitrogens with zero attached hydrogens (tertiary/aromatic N) is 1. The summed E-state index contributed by atoms with van der Waals surface area (Å²) in [6.45, 7) is 3.03. The van der Waals surface area contributed by atoms with Gasteiger partial charge in [0.15, 0.2) is 0 Å². The van der Waals surface area contributed by atoms with Crippen LogP contribution in [0.5, 0.6) is 0 Å². The predicted molar refractivity (Wildman–Crippen MR) is 75.2 cm³/mol. The Balaban J connectivity index is 2.18. The molecule has 110 valence electrons. The molecule has 1 fully saturated rings. The number of carboxylic acids is 1. The highest BCUT2D eigenvalue weighted by molar-refractivity contribution is 7.89. The van der Waals surface area contributed by atoms with Gasteiger partial charge in [-0.3, -0.25) is 4.79 Å². The van der Waals surface area contributed by atoms with E-state index in [9.17, 15) is 13.2 Å². The fourth-order valence-corrected chi connectivity index (χ4v) is 3.18. The van der Waals surface area contributed by atoms with Crippen LogP contribution in [0, 0.1) is 11.8 Å². The average molecular weight is 298 g/mol. The maximum absolute atomic E-state index is 11.6. The Labute approximate surface area is 118 Å². The van der Waals surface area contributed by atoms with Gasteiger partial charge in [0.25, 0.3) is 0 Å². The molecule has 0 unspecified atom stereocenters. The van der Waals surface area contributed by atoms with Crippen molar-refractivity contribution in [3.05, 3.63) is 24.3 Å². The lowest BCUT2D eigenvalue weighted by atomic mass is 9.99. The van der Waals surface area contributed by atoms with Crippen LogP contribution in [0.25, 0.3) is 0 Å². The van der Waals surface area contributed by atoms with E-state index in [2.05, 4.69) is 4.72 Å². The number of hydrogen-bond donors (Lipinski definition) is 2. The summed E-state index contributed by atoms with van der Waals surface area (Å²) in [7, 11) is -2.07. The van der Waals surface area contributed by atoms with Crippen LogP contribution in [0.2, 0.25) is 0 Å². The molecule has 0 aliphatic carbocycles. The van der Waals surface area contributed by atoms with Crippen molar-refractivity contribution in [2.24, 2.45) is 11.8 Å². The first kappa shape index (κ1) is 14.8. The molecule has 1 aliphatic rings. The summed E-state index contributed by atoms with van der Waals surface area (Å²) in [5.74, 6) is -1.08. The minimum atomic E-state index is -3.44. The molecule has 1 aromatic carbocycles. The fourth-order valence-electron chi connectivity index (χ4n) is 2.45. The first-order chi connectivity index (χ1) is 9.35. The Morgan fingerprint density at radius 1 is 1.30 bits per heavy atom. The van der Waals surface area contributed by atoms with Gasteiger partial charge in [-0.05, 0) is 37.2 Å². The van der Waals surface area contributed by atoms with E-state index >= 15 is 0 Å². The Kier molecular flexibility index (Phi) is 4.01. The van der Waals surface area contributed by atoms with Gasteiger partial charge in [-0.25, -0.2) is 13.1 Å². The van der Waals surface area contributed by atoms with E-state index < -0.39 is 16.0 Å². The summed E-state index contributed by atoms with van der Waals surface area (Å²) in [5.41, 5.74) is 0.843. The molecule has 0 radical (unpaired) electrons. The van der Waals surface area contributed by atoms with Gasteiger partial charge in [0.2, 0.25) is 10.0 Å². The van der Waals surface area contributed by atoms with Crippen LogP contribution < -0.4 is 9.62 Å². The Bertz CT molecular complexity index is 597. The summed E-state index contributed by atoms with van der Waals surface area (Å²) < 4.78 is 25.5. The van der Waals surface area contributed by atoms with Gasteiger partial charge in [0.1, 0.15) is 0 Å². The van der Waals surface area contributed by atoms with Crippen molar-refractivity contribution in [2.45, 2.75) is 11.8 Å². The summed E-state index contributed by atoms with van der Waals surface area (Å²) in [6, 6.07) is 6.47. The number of aliphatic carboxylic acids is 1. The van der Waals surface area contributed by atoms with Gasteiger partial charge >= 0.3 is 5.97 Å². The SMILES string of the molecule is CNS(=O)(=O)c1ccc(N2C[C@@H](C)[C@H](C(=O)O)C2)cc1. The number of carboxylic acid groups (broad SMARTS) is 1. The molecule has 0 spiro atoms. The molecule has 2 atom stereocenters. The summed E-state index contributed by atoms with van der Waals surface area (Å²) in [4.78, 5) is 13.3. The number of nitrogens with one attached hydrogen (secondary N) is 1. The molecule has 7 heteroatoms. The zero-order valence-electron chi connectivity index (χ0n) is 11.4. The van der Waals surface area contributed by atoms with Crippen molar-refractivity contribution in [1.29, 1.82) is 0 Å². The first-order valence-electron chi connectivity index (χ1n) is 6.36. The third-order valence-corrected chi connectivity index (χ3v) is 5.14. The standard InChI is InChI=1S/C13H18N2O4S/c1-9-7-15(8-12(9)13(16)17)10-3-5-11(6-4-10)20(18,19)14-2/h3-6,9,12,14H,7-8H2,1-2H3,(H,16,17)/t9-,12-/m1/s1. The van der Waals surface area contributed by atoms with E-state index in [0.29, 0.717) is 13.1 Å². The second-order valence-corrected chi connectivity index (χ2v) is 6.91. The minimum absolute atomic E-state index is 0.0771. The third kappa shape index (κ3) is 2.78. The highest BCUT2D eigenvalue weighted by Gasteiger charge is 2.34. The van der Waals surface area contributed by atoms with Gasteiger partial charge in [-0.15, -0.1) is 0 Å². The number of carbonyl (C=O) groups is 1. The minimum Gasteiger partial charge on any atom is -0.481 e. The highest BCUT2D eigenvalue weighted by Crippen LogP contribution is 2.28. The van der Waals surface area contributed by atoms with Crippen LogP contribution in [0.15, 0.2) is 29.2 Å². The normalized spacial score (nSPS) is 23.0. The quantitative estimate of drug-likeness (QED) is 0.856. The molecule has 6 nitrogen and oxygen atoms in total. The van der Waals surface area contributed by atoms with E-state index in [-0.39, 0.29) is 16.7 Å². The van der Waals surface area contributed by atoms with Gasteiger partial charge in [-0.1, -0.05) is 6.92 Å². The van der Waals surface area contributed by atoms with Crippen LogP contribution in [0.3, 0.4) is 0 Å². The van der Waals surface area contributed by atoms with E-state index in [1.807, 2.05) is 11.8 Å². The smallest absolute Gasteiger partial charge is 0.308 e. The van der Waals surface area contributed by atoms with Crippen molar-refractivity contribution in [1.82, 2.24) is 4.72 Å². The molecular formula is C13H18N2O4S. The van der Waals surface area contributed by atoms with Gasteiger partial charge in [0, 0.05) is 18.8 Å². The second kappa shape index (κ2) is 5.41. The first-order valence-corrected chi connectivity index (χ1v) is 7.85. The van der Waals surface area contributed by atoms with Crippen molar-refractivity contribution >= 4 is 21.7 Å². The lowest BCUT2D eigenvalue weighted by Gasteiger charge is -2.18. The van der Waals surface area contributed by atoms with E-state index in [1.54, 1.807) is 12.1 Å². The molecule has 1 aromatic rings. The number of hydrogen-bond acceptors (Lipinski definition) is 4. The summed E-state index contributed by atoms with van der Waals surface area (Å²) >= 11 is 0. The van der Waals surface area contributed by atoms with E-state index in [4.69, 9.17) is 5.11 Å². The average Bonchev–Trinajstić information content (AvgIpc) is 2.81. The van der Waals surface area contributed by atoms with Crippen LogP contribution >= 0.6 is 0 Å². The van der Waals surface area contributed by atoms with Crippen LogP contribution in [-0.4, -0.2) is 39.6 Å². The van der Waals surface area contributed by atoms with Gasteiger partial charge in [0.05, 0.1) is 10.8 Å². The molecule has 1 aliphatic heterocycles. The van der Waals surface area contributed by atoms with E-state index in [1.165, 1.54) is 19.2 Å². The summed E-state index contributed by atoms with van der Waals surface area (Å²) in [6.07, 6.45) is 0. The Morgan fingerprint density at radius 3 is 2.35 bits per heavy atom. The largest absolute Gasteiger partial charge is 0.481 e. The Hall–Kier alpha value is -1.60. The number of rotatable bonds is 4. The van der Waals surface area contributed by atoms with E-state index in [0.717, 1.165) is 5.69 Å². The number of benzene rings is 1. The van der Waals surface area contributed by atoms with Gasteiger partial charge < -0.3 is 10.0 Å². The molecule has 20 heavy (non-hydrogen) atoms. The molecule has 2 N–H and O–H groups in total. The zero-order valence-corrected chi connectivity index (χ0v) is 12.2. The molecule has 0 bridgehead atoms. The monoisotopic (exact) mass is 298 g/mol. The molecule has 0 saturated carbocycles. The molecular weight excluding hydrogens is 280 g/mol. The molecule has 2 rings (SSSR count). The molecule has 1 heterocycles. The van der Waals surface area contributed by atoms with Crippen molar-refractivity contribution in [2.75, 3.05) is 25.0 Å². The van der Waals surface area contributed by atoms with Crippen molar-refractivity contribution < 1.29 is 18.3 Å². The molecule has 1 saturated heterocycles. The third-order valence-electron chi connectivity index (χ3n) is 3.71. The maximum Gasteiger partial charge on any atom is 0.308 e. The second-order valence-electron chi connectivity index (χ2n) is 5.03. The topological polar surface area (TPSA) is 86.7 Å². The molecule has 0 amide bonds. The maximum atomic E-state index is 11.6. The van der Waals surface area contributed by atoms with Crippen LogP contribution in [0.4, 0.5) is 5.69 Å².